The first-order chi connectivity index (χ1) is 10.3. The van der Waals surface area contributed by atoms with Crippen LogP contribution in [-0.2, 0) is 6.54 Å². The van der Waals surface area contributed by atoms with Crippen molar-refractivity contribution in [3.05, 3.63) is 45.5 Å². The highest BCUT2D eigenvalue weighted by molar-refractivity contribution is 7.15. The van der Waals surface area contributed by atoms with Gasteiger partial charge in [0, 0.05) is 23.0 Å². The SMILES string of the molecule is Cc1ccsc1CN1CCCCC1c1ncn2ccsc12. The molecule has 1 atom stereocenters. The molecule has 3 nitrogen and oxygen atoms in total. The summed E-state index contributed by atoms with van der Waals surface area (Å²) < 4.78 is 2.16. The molecule has 1 aliphatic heterocycles. The summed E-state index contributed by atoms with van der Waals surface area (Å²) in [5.41, 5.74) is 2.70. The van der Waals surface area contributed by atoms with E-state index in [0.29, 0.717) is 6.04 Å². The Bertz CT molecular complexity index is 739. The fourth-order valence-electron chi connectivity index (χ4n) is 3.22. The van der Waals surface area contributed by atoms with Crippen LogP contribution in [0.15, 0.2) is 29.4 Å². The third-order valence-electron chi connectivity index (χ3n) is 4.42. The zero-order valence-electron chi connectivity index (χ0n) is 12.2. The van der Waals surface area contributed by atoms with E-state index in [0.717, 1.165) is 6.54 Å². The van der Waals surface area contributed by atoms with Crippen LogP contribution in [0.1, 0.15) is 41.4 Å². The number of rotatable bonds is 3. The van der Waals surface area contributed by atoms with Crippen molar-refractivity contribution in [2.75, 3.05) is 6.54 Å². The van der Waals surface area contributed by atoms with E-state index in [4.69, 9.17) is 4.98 Å². The quantitative estimate of drug-likeness (QED) is 0.709. The van der Waals surface area contributed by atoms with Gasteiger partial charge in [0.1, 0.15) is 11.2 Å². The van der Waals surface area contributed by atoms with Gasteiger partial charge in [0.15, 0.2) is 0 Å². The van der Waals surface area contributed by atoms with Gasteiger partial charge < -0.3 is 0 Å². The molecule has 1 fully saturated rings. The topological polar surface area (TPSA) is 20.5 Å². The van der Waals surface area contributed by atoms with E-state index < -0.39 is 0 Å². The van der Waals surface area contributed by atoms with Crippen LogP contribution in [0.3, 0.4) is 0 Å². The Balaban J connectivity index is 1.65. The molecule has 110 valence electrons. The summed E-state index contributed by atoms with van der Waals surface area (Å²) >= 11 is 3.69. The predicted octanol–water partition coefficient (Wildman–Crippen LogP) is 4.49. The monoisotopic (exact) mass is 317 g/mol. The molecule has 4 rings (SSSR count). The Morgan fingerprint density at radius 2 is 2.24 bits per heavy atom. The van der Waals surface area contributed by atoms with Gasteiger partial charge in [-0.1, -0.05) is 6.42 Å². The largest absolute Gasteiger partial charge is 0.297 e. The number of fused-ring (bicyclic) bond motifs is 1. The van der Waals surface area contributed by atoms with Gasteiger partial charge >= 0.3 is 0 Å². The van der Waals surface area contributed by atoms with Crippen LogP contribution in [0.2, 0.25) is 0 Å². The molecule has 1 unspecified atom stereocenters. The Labute approximate surface area is 132 Å². The predicted molar refractivity (Wildman–Crippen MR) is 89.1 cm³/mol. The van der Waals surface area contributed by atoms with Crippen LogP contribution in [0, 0.1) is 6.92 Å². The standard InChI is InChI=1S/C16H19N3S2/c1-12-5-8-20-14(12)10-18-6-3-2-4-13(18)15-16-19(11-17-15)7-9-21-16/h5,7-9,11,13H,2-4,6,10H2,1H3. The first-order valence-corrected chi connectivity index (χ1v) is 9.26. The van der Waals surface area contributed by atoms with Crippen molar-refractivity contribution in [1.82, 2.24) is 14.3 Å². The summed E-state index contributed by atoms with van der Waals surface area (Å²) in [6.45, 7) is 4.48. The molecule has 3 aromatic heterocycles. The first-order valence-electron chi connectivity index (χ1n) is 7.50. The smallest absolute Gasteiger partial charge is 0.124 e. The van der Waals surface area contributed by atoms with Crippen molar-refractivity contribution in [3.63, 3.8) is 0 Å². The molecule has 0 N–H and O–H groups in total. The minimum Gasteiger partial charge on any atom is -0.297 e. The highest BCUT2D eigenvalue weighted by Crippen LogP contribution is 2.35. The van der Waals surface area contributed by atoms with Gasteiger partial charge in [0.05, 0.1) is 11.7 Å². The second-order valence-corrected chi connectivity index (χ2v) is 7.65. The summed E-state index contributed by atoms with van der Waals surface area (Å²) in [5.74, 6) is 0. The molecule has 1 saturated heterocycles. The number of thiophene rings is 1. The van der Waals surface area contributed by atoms with E-state index in [1.165, 1.54) is 46.8 Å². The number of hydrogen-bond donors (Lipinski definition) is 0. The van der Waals surface area contributed by atoms with E-state index in [-0.39, 0.29) is 0 Å². The average molecular weight is 317 g/mol. The van der Waals surface area contributed by atoms with Crippen LogP contribution >= 0.6 is 22.7 Å². The molecular weight excluding hydrogens is 298 g/mol. The maximum Gasteiger partial charge on any atom is 0.124 e. The molecule has 0 aromatic carbocycles. The van der Waals surface area contributed by atoms with Gasteiger partial charge in [0.25, 0.3) is 0 Å². The van der Waals surface area contributed by atoms with Crippen LogP contribution in [0.25, 0.3) is 4.83 Å². The van der Waals surface area contributed by atoms with E-state index in [9.17, 15) is 0 Å². The lowest BCUT2D eigenvalue weighted by molar-refractivity contribution is 0.140. The zero-order chi connectivity index (χ0) is 14.2. The second-order valence-electron chi connectivity index (χ2n) is 5.75. The molecule has 1 aliphatic rings. The van der Waals surface area contributed by atoms with Crippen molar-refractivity contribution in [1.29, 1.82) is 0 Å². The molecule has 4 heterocycles. The van der Waals surface area contributed by atoms with E-state index in [1.807, 2.05) is 17.7 Å². The molecule has 0 amide bonds. The maximum absolute atomic E-state index is 4.72. The van der Waals surface area contributed by atoms with Crippen LogP contribution in [-0.4, -0.2) is 20.8 Å². The molecule has 0 bridgehead atoms. The number of thiazole rings is 1. The summed E-state index contributed by atoms with van der Waals surface area (Å²) in [6.07, 6.45) is 7.92. The van der Waals surface area contributed by atoms with E-state index in [2.05, 4.69) is 39.2 Å². The van der Waals surface area contributed by atoms with Crippen molar-refractivity contribution < 1.29 is 0 Å². The number of hydrogen-bond acceptors (Lipinski definition) is 4. The molecule has 3 aromatic rings. The first kappa shape index (κ1) is 13.5. The van der Waals surface area contributed by atoms with Crippen molar-refractivity contribution in [2.45, 2.75) is 38.8 Å². The zero-order valence-corrected chi connectivity index (χ0v) is 13.8. The van der Waals surface area contributed by atoms with Crippen molar-refractivity contribution in [3.8, 4) is 0 Å². The summed E-state index contributed by atoms with van der Waals surface area (Å²) in [7, 11) is 0. The second kappa shape index (κ2) is 5.55. The van der Waals surface area contributed by atoms with Gasteiger partial charge in [-0.15, -0.1) is 22.7 Å². The third kappa shape index (κ3) is 2.43. The normalized spacial score (nSPS) is 20.3. The third-order valence-corrected chi connectivity index (χ3v) is 6.33. The van der Waals surface area contributed by atoms with Crippen LogP contribution in [0.4, 0.5) is 0 Å². The lowest BCUT2D eigenvalue weighted by Gasteiger charge is -2.34. The minimum absolute atomic E-state index is 0.476. The molecule has 0 radical (unpaired) electrons. The summed E-state index contributed by atoms with van der Waals surface area (Å²) in [5, 5.41) is 4.36. The van der Waals surface area contributed by atoms with Crippen molar-refractivity contribution >= 4 is 27.5 Å². The Kier molecular flexibility index (Phi) is 3.57. The molecule has 0 spiro atoms. The van der Waals surface area contributed by atoms with Gasteiger partial charge in [-0.05, 0) is 43.3 Å². The van der Waals surface area contributed by atoms with Gasteiger partial charge in [-0.2, -0.15) is 0 Å². The van der Waals surface area contributed by atoms with E-state index in [1.54, 1.807) is 11.3 Å². The van der Waals surface area contributed by atoms with E-state index >= 15 is 0 Å². The molecular formula is C16H19N3S2. The number of aromatic nitrogens is 2. The van der Waals surface area contributed by atoms with Crippen LogP contribution in [0.5, 0.6) is 0 Å². The Morgan fingerprint density at radius 3 is 3.10 bits per heavy atom. The lowest BCUT2D eigenvalue weighted by atomic mass is 9.99. The Morgan fingerprint density at radius 1 is 1.29 bits per heavy atom. The highest BCUT2D eigenvalue weighted by Gasteiger charge is 2.28. The average Bonchev–Trinajstić information content (AvgIpc) is 3.18. The number of aryl methyl sites for hydroxylation is 1. The van der Waals surface area contributed by atoms with Gasteiger partial charge in [-0.3, -0.25) is 9.30 Å². The summed E-state index contributed by atoms with van der Waals surface area (Å²) in [4.78, 5) is 10.2. The Hall–Kier alpha value is -1.17. The molecule has 0 aliphatic carbocycles. The van der Waals surface area contributed by atoms with Gasteiger partial charge in [-0.25, -0.2) is 4.98 Å². The number of piperidine rings is 1. The summed E-state index contributed by atoms with van der Waals surface area (Å²) in [6, 6.07) is 2.71. The van der Waals surface area contributed by atoms with Crippen molar-refractivity contribution in [2.24, 2.45) is 0 Å². The minimum atomic E-state index is 0.476. The lowest BCUT2D eigenvalue weighted by Crippen LogP contribution is -2.33. The molecule has 5 heteroatoms. The van der Waals surface area contributed by atoms with Gasteiger partial charge in [0.2, 0.25) is 0 Å². The maximum atomic E-state index is 4.72. The number of likely N-dealkylation sites (tertiary alicyclic amines) is 1. The molecule has 21 heavy (non-hydrogen) atoms. The number of nitrogens with zero attached hydrogens (tertiary/aromatic N) is 3. The highest BCUT2D eigenvalue weighted by atomic mass is 32.1. The number of imidazole rings is 1. The fraction of sp³-hybridized carbons (Fsp3) is 0.438. The molecule has 0 saturated carbocycles. The fourth-order valence-corrected chi connectivity index (χ4v) is 5.01. The van der Waals surface area contributed by atoms with Crippen LogP contribution < -0.4 is 0 Å².